The molecule has 2 aromatic rings. The van der Waals surface area contributed by atoms with Gasteiger partial charge in [-0.1, -0.05) is 49.4 Å². The normalized spacial score (nSPS) is 10.7. The lowest BCUT2D eigenvalue weighted by Crippen LogP contribution is -1.84. The van der Waals surface area contributed by atoms with Gasteiger partial charge < -0.3 is 0 Å². The topological polar surface area (TPSA) is 41.6 Å². The van der Waals surface area contributed by atoms with Crippen LogP contribution in [0.5, 0.6) is 0 Å². The van der Waals surface area contributed by atoms with E-state index < -0.39 is 0 Å². The minimum atomic E-state index is 0.844. The van der Waals surface area contributed by atoms with E-state index in [4.69, 9.17) is 0 Å². The molecule has 0 saturated heterocycles. The van der Waals surface area contributed by atoms with Crippen LogP contribution < -0.4 is 0 Å². The number of nitrogens with one attached hydrogen (secondary N) is 1. The number of H-pyrrole nitrogens is 1. The summed E-state index contributed by atoms with van der Waals surface area (Å²) in [6.07, 6.45) is 2.42. The Labute approximate surface area is 106 Å². The second-order valence-electron chi connectivity index (χ2n) is 3.98. The number of aromatic amines is 1. The van der Waals surface area contributed by atoms with Crippen molar-refractivity contribution in [1.29, 1.82) is 0 Å². The number of hydrogen-bond acceptors (Lipinski definition) is 3. The highest BCUT2D eigenvalue weighted by Crippen LogP contribution is 2.22. The van der Waals surface area contributed by atoms with Crippen molar-refractivity contribution in [3.63, 3.8) is 0 Å². The first-order valence-electron chi connectivity index (χ1n) is 5.92. The van der Waals surface area contributed by atoms with Crippen molar-refractivity contribution in [2.45, 2.75) is 31.8 Å². The molecule has 3 nitrogen and oxygen atoms in total. The van der Waals surface area contributed by atoms with Crippen LogP contribution in [0.25, 0.3) is 11.4 Å². The van der Waals surface area contributed by atoms with Crippen LogP contribution in [0.1, 0.15) is 25.3 Å². The van der Waals surface area contributed by atoms with E-state index >= 15 is 0 Å². The van der Waals surface area contributed by atoms with Gasteiger partial charge in [-0.3, -0.25) is 5.10 Å². The summed E-state index contributed by atoms with van der Waals surface area (Å²) in [6.45, 7) is 4.28. The molecule has 0 aliphatic carbocycles. The van der Waals surface area contributed by atoms with Crippen LogP contribution in [0.2, 0.25) is 0 Å². The van der Waals surface area contributed by atoms with E-state index in [0.717, 1.165) is 22.3 Å². The molecule has 1 aromatic heterocycles. The van der Waals surface area contributed by atoms with Gasteiger partial charge in [-0.2, -0.15) is 0 Å². The standard InChI is InChI=1S/C13H17N3S/c1-3-4-9-17-13-14-12(15-16-13)11-8-6-5-7-10(11)2/h5-8H,3-4,9H2,1-2H3,(H,14,15,16). The van der Waals surface area contributed by atoms with Gasteiger partial charge in [0.2, 0.25) is 5.16 Å². The molecule has 90 valence electrons. The van der Waals surface area contributed by atoms with Gasteiger partial charge in [-0.05, 0) is 18.9 Å². The van der Waals surface area contributed by atoms with E-state index in [1.54, 1.807) is 11.8 Å². The van der Waals surface area contributed by atoms with Crippen LogP contribution >= 0.6 is 11.8 Å². The summed E-state index contributed by atoms with van der Waals surface area (Å²) in [5, 5.41) is 8.08. The third kappa shape index (κ3) is 3.09. The number of hydrogen-bond donors (Lipinski definition) is 1. The molecule has 0 fully saturated rings. The molecule has 0 bridgehead atoms. The van der Waals surface area contributed by atoms with E-state index in [0.29, 0.717) is 0 Å². The first kappa shape index (κ1) is 12.2. The number of rotatable bonds is 5. The summed E-state index contributed by atoms with van der Waals surface area (Å²) in [5.41, 5.74) is 2.34. The van der Waals surface area contributed by atoms with Crippen LogP contribution in [0.15, 0.2) is 29.4 Å². The van der Waals surface area contributed by atoms with Gasteiger partial charge in [0.05, 0.1) is 0 Å². The van der Waals surface area contributed by atoms with Crippen molar-refractivity contribution < 1.29 is 0 Å². The molecule has 0 amide bonds. The predicted octanol–water partition coefficient (Wildman–Crippen LogP) is 3.67. The number of unbranched alkanes of at least 4 members (excludes halogenated alkanes) is 1. The summed E-state index contributed by atoms with van der Waals surface area (Å²) < 4.78 is 0. The molecule has 0 aliphatic heterocycles. The largest absolute Gasteiger partial charge is 0.258 e. The number of nitrogens with zero attached hydrogens (tertiary/aromatic N) is 2. The fourth-order valence-corrected chi connectivity index (χ4v) is 2.46. The van der Waals surface area contributed by atoms with Gasteiger partial charge in [0, 0.05) is 11.3 Å². The van der Waals surface area contributed by atoms with Crippen LogP contribution in [-0.2, 0) is 0 Å². The van der Waals surface area contributed by atoms with Gasteiger partial charge >= 0.3 is 0 Å². The molecular weight excluding hydrogens is 230 g/mol. The van der Waals surface area contributed by atoms with E-state index in [1.807, 2.05) is 12.1 Å². The molecule has 0 radical (unpaired) electrons. The Bertz CT molecular complexity index is 479. The summed E-state index contributed by atoms with van der Waals surface area (Å²) in [5.74, 6) is 1.95. The molecule has 2 rings (SSSR count). The number of aromatic nitrogens is 3. The Balaban J connectivity index is 2.10. The fourth-order valence-electron chi connectivity index (χ4n) is 1.58. The first-order valence-corrected chi connectivity index (χ1v) is 6.91. The monoisotopic (exact) mass is 247 g/mol. The zero-order chi connectivity index (χ0) is 12.1. The summed E-state index contributed by atoms with van der Waals surface area (Å²) in [7, 11) is 0. The van der Waals surface area contributed by atoms with Crippen molar-refractivity contribution in [3.05, 3.63) is 29.8 Å². The lowest BCUT2D eigenvalue weighted by Gasteiger charge is -1.99. The van der Waals surface area contributed by atoms with E-state index in [9.17, 15) is 0 Å². The Hall–Kier alpha value is -1.29. The molecule has 4 heteroatoms. The maximum Gasteiger partial charge on any atom is 0.208 e. The third-order valence-electron chi connectivity index (χ3n) is 2.59. The van der Waals surface area contributed by atoms with Crippen molar-refractivity contribution in [1.82, 2.24) is 15.2 Å². The van der Waals surface area contributed by atoms with E-state index in [1.165, 1.54) is 18.4 Å². The Kier molecular flexibility index (Phi) is 4.20. The minimum absolute atomic E-state index is 0.844. The van der Waals surface area contributed by atoms with Gasteiger partial charge in [0.1, 0.15) is 0 Å². The van der Waals surface area contributed by atoms with Crippen LogP contribution in [0.3, 0.4) is 0 Å². The highest BCUT2D eigenvalue weighted by molar-refractivity contribution is 7.99. The van der Waals surface area contributed by atoms with Crippen LogP contribution in [0, 0.1) is 6.92 Å². The molecular formula is C13H17N3S. The molecule has 1 heterocycles. The lowest BCUT2D eigenvalue weighted by atomic mass is 10.1. The predicted molar refractivity (Wildman–Crippen MR) is 72.2 cm³/mol. The zero-order valence-electron chi connectivity index (χ0n) is 10.2. The number of thioether (sulfide) groups is 1. The second-order valence-corrected chi connectivity index (χ2v) is 5.05. The molecule has 0 atom stereocenters. The molecule has 0 aliphatic rings. The van der Waals surface area contributed by atoms with Crippen LogP contribution in [-0.4, -0.2) is 20.9 Å². The van der Waals surface area contributed by atoms with Gasteiger partial charge in [0.15, 0.2) is 5.82 Å². The molecule has 17 heavy (non-hydrogen) atoms. The summed E-state index contributed by atoms with van der Waals surface area (Å²) >= 11 is 1.71. The van der Waals surface area contributed by atoms with Crippen molar-refractivity contribution in [2.24, 2.45) is 0 Å². The van der Waals surface area contributed by atoms with Crippen molar-refractivity contribution >= 4 is 11.8 Å². The average molecular weight is 247 g/mol. The number of aryl methyl sites for hydroxylation is 1. The quantitative estimate of drug-likeness (QED) is 0.647. The highest BCUT2D eigenvalue weighted by atomic mass is 32.2. The summed E-state index contributed by atoms with van der Waals surface area (Å²) in [6, 6.07) is 8.21. The molecule has 0 saturated carbocycles. The first-order chi connectivity index (χ1) is 8.31. The smallest absolute Gasteiger partial charge is 0.208 e. The Morgan fingerprint density at radius 2 is 2.12 bits per heavy atom. The Morgan fingerprint density at radius 1 is 1.29 bits per heavy atom. The van der Waals surface area contributed by atoms with Gasteiger partial charge in [-0.15, -0.1) is 5.10 Å². The molecule has 0 spiro atoms. The lowest BCUT2D eigenvalue weighted by molar-refractivity contribution is 0.889. The van der Waals surface area contributed by atoms with Gasteiger partial charge in [0.25, 0.3) is 0 Å². The number of benzene rings is 1. The second kappa shape index (κ2) is 5.87. The van der Waals surface area contributed by atoms with E-state index in [-0.39, 0.29) is 0 Å². The van der Waals surface area contributed by atoms with Crippen molar-refractivity contribution in [3.8, 4) is 11.4 Å². The third-order valence-corrected chi connectivity index (χ3v) is 3.53. The highest BCUT2D eigenvalue weighted by Gasteiger charge is 2.07. The fraction of sp³-hybridized carbons (Fsp3) is 0.385. The maximum absolute atomic E-state index is 4.51. The molecule has 1 aromatic carbocycles. The Morgan fingerprint density at radius 3 is 2.88 bits per heavy atom. The minimum Gasteiger partial charge on any atom is -0.258 e. The van der Waals surface area contributed by atoms with Crippen LogP contribution in [0.4, 0.5) is 0 Å². The summed E-state index contributed by atoms with van der Waals surface area (Å²) in [4.78, 5) is 4.51. The molecule has 0 unspecified atom stereocenters. The van der Waals surface area contributed by atoms with Gasteiger partial charge in [-0.25, -0.2) is 4.98 Å². The SMILES string of the molecule is CCCCSc1n[nH]c(-c2ccccc2C)n1. The maximum atomic E-state index is 4.51. The van der Waals surface area contributed by atoms with E-state index in [2.05, 4.69) is 41.2 Å². The van der Waals surface area contributed by atoms with Crippen molar-refractivity contribution in [2.75, 3.05) is 5.75 Å². The zero-order valence-corrected chi connectivity index (χ0v) is 11.0. The molecule has 1 N–H and O–H groups in total. The average Bonchev–Trinajstić information content (AvgIpc) is 2.79.